The zero-order valence-corrected chi connectivity index (χ0v) is 15.7. The molecule has 3 heterocycles. The van der Waals surface area contributed by atoms with Gasteiger partial charge < -0.3 is 9.73 Å². The number of aromatic nitrogens is 2. The summed E-state index contributed by atoms with van der Waals surface area (Å²) in [7, 11) is 0. The molecular formula is C17H23N5O3S. The molecule has 0 atom stereocenters. The summed E-state index contributed by atoms with van der Waals surface area (Å²) in [5, 5.41) is 17.3. The lowest BCUT2D eigenvalue weighted by Gasteiger charge is -2.29. The quantitative estimate of drug-likeness (QED) is 0.829. The van der Waals surface area contributed by atoms with Gasteiger partial charge in [0.25, 0.3) is 0 Å². The first kappa shape index (κ1) is 18.5. The standard InChI is InChI=1S/C17H23N5O3S/c1-11(2)18-17(24)19-14(23)9-22-6-3-12(4-7-22)15-20-21-16(25-15)13-5-8-26-10-13/h5,8,10-12H,3-4,6-7,9H2,1-2H3,(H2,18,19,23,24). The predicted octanol–water partition coefficient (Wildman–Crippen LogP) is 2.21. The highest BCUT2D eigenvalue weighted by atomic mass is 32.1. The molecule has 2 N–H and O–H groups in total. The van der Waals surface area contributed by atoms with Gasteiger partial charge in [-0.05, 0) is 51.2 Å². The van der Waals surface area contributed by atoms with Crippen LogP contribution in [0.15, 0.2) is 21.2 Å². The molecule has 1 saturated heterocycles. The molecule has 2 aromatic heterocycles. The Kier molecular flexibility index (Phi) is 6.00. The number of hydrogen-bond donors (Lipinski definition) is 2. The lowest BCUT2D eigenvalue weighted by molar-refractivity contribution is -0.121. The Morgan fingerprint density at radius 2 is 2.12 bits per heavy atom. The minimum atomic E-state index is -0.452. The van der Waals surface area contributed by atoms with E-state index in [4.69, 9.17) is 4.42 Å². The molecule has 0 bridgehead atoms. The number of nitrogens with one attached hydrogen (secondary N) is 2. The number of rotatable bonds is 5. The number of piperidine rings is 1. The van der Waals surface area contributed by atoms with Crippen molar-refractivity contribution >= 4 is 23.3 Å². The molecule has 1 aliphatic heterocycles. The van der Waals surface area contributed by atoms with E-state index < -0.39 is 6.03 Å². The van der Waals surface area contributed by atoms with Crippen molar-refractivity contribution in [3.05, 3.63) is 22.7 Å². The van der Waals surface area contributed by atoms with Crippen LogP contribution in [0.3, 0.4) is 0 Å². The number of amides is 3. The lowest BCUT2D eigenvalue weighted by Crippen LogP contribution is -2.47. The van der Waals surface area contributed by atoms with Crippen LogP contribution in [-0.2, 0) is 4.79 Å². The van der Waals surface area contributed by atoms with E-state index in [-0.39, 0.29) is 24.4 Å². The van der Waals surface area contributed by atoms with Crippen LogP contribution in [0.4, 0.5) is 4.79 Å². The van der Waals surface area contributed by atoms with Gasteiger partial charge in [-0.15, -0.1) is 10.2 Å². The highest BCUT2D eigenvalue weighted by Crippen LogP contribution is 2.29. The Bertz CT molecular complexity index is 735. The van der Waals surface area contributed by atoms with Crippen molar-refractivity contribution in [3.8, 4) is 11.5 Å². The summed E-state index contributed by atoms with van der Waals surface area (Å²) in [5.74, 6) is 1.13. The van der Waals surface area contributed by atoms with Crippen LogP contribution in [0.25, 0.3) is 11.5 Å². The van der Waals surface area contributed by atoms with Crippen molar-refractivity contribution in [2.24, 2.45) is 0 Å². The van der Waals surface area contributed by atoms with E-state index in [0.717, 1.165) is 31.5 Å². The van der Waals surface area contributed by atoms with E-state index in [2.05, 4.69) is 20.8 Å². The molecular weight excluding hydrogens is 354 g/mol. The van der Waals surface area contributed by atoms with E-state index in [1.807, 2.05) is 35.6 Å². The summed E-state index contributed by atoms with van der Waals surface area (Å²) >= 11 is 1.59. The van der Waals surface area contributed by atoms with Crippen molar-refractivity contribution < 1.29 is 14.0 Å². The Labute approximate surface area is 156 Å². The summed E-state index contributed by atoms with van der Waals surface area (Å²) in [6.45, 7) is 5.40. The minimum absolute atomic E-state index is 0.00748. The van der Waals surface area contributed by atoms with Gasteiger partial charge >= 0.3 is 6.03 Å². The third-order valence-corrected chi connectivity index (χ3v) is 4.87. The topological polar surface area (TPSA) is 100 Å². The van der Waals surface area contributed by atoms with E-state index in [1.165, 1.54) is 0 Å². The van der Waals surface area contributed by atoms with Gasteiger partial charge in [0.15, 0.2) is 0 Å². The molecule has 0 aromatic carbocycles. The molecule has 0 saturated carbocycles. The van der Waals surface area contributed by atoms with Crippen LogP contribution in [0, 0.1) is 0 Å². The molecule has 9 heteroatoms. The molecule has 2 aromatic rings. The fourth-order valence-corrected chi connectivity index (χ4v) is 3.54. The van der Waals surface area contributed by atoms with Crippen molar-refractivity contribution in [2.45, 2.75) is 38.6 Å². The summed E-state index contributed by atoms with van der Waals surface area (Å²) in [6, 6.07) is 1.50. The van der Waals surface area contributed by atoms with Crippen molar-refractivity contribution in [2.75, 3.05) is 19.6 Å². The van der Waals surface area contributed by atoms with Crippen LogP contribution in [0.2, 0.25) is 0 Å². The summed E-state index contributed by atoms with van der Waals surface area (Å²) < 4.78 is 5.81. The largest absolute Gasteiger partial charge is 0.420 e. The van der Waals surface area contributed by atoms with E-state index in [9.17, 15) is 9.59 Å². The highest BCUT2D eigenvalue weighted by molar-refractivity contribution is 7.08. The van der Waals surface area contributed by atoms with Gasteiger partial charge in [-0.25, -0.2) is 4.79 Å². The molecule has 0 spiro atoms. The highest BCUT2D eigenvalue weighted by Gasteiger charge is 2.26. The van der Waals surface area contributed by atoms with Crippen molar-refractivity contribution in [3.63, 3.8) is 0 Å². The number of carbonyl (C=O) groups is 2. The molecule has 0 aliphatic carbocycles. The number of imide groups is 1. The second-order valence-corrected chi connectivity index (χ2v) is 7.46. The summed E-state index contributed by atoms with van der Waals surface area (Å²) in [5.41, 5.74) is 0.947. The maximum atomic E-state index is 11.9. The average molecular weight is 377 g/mol. The molecule has 3 rings (SSSR count). The Balaban J connectivity index is 1.46. The van der Waals surface area contributed by atoms with Crippen LogP contribution < -0.4 is 10.6 Å². The van der Waals surface area contributed by atoms with E-state index >= 15 is 0 Å². The first-order chi connectivity index (χ1) is 12.5. The molecule has 140 valence electrons. The monoisotopic (exact) mass is 377 g/mol. The third kappa shape index (κ3) is 4.89. The molecule has 0 radical (unpaired) electrons. The van der Waals surface area contributed by atoms with Crippen LogP contribution in [-0.4, -0.2) is 52.7 Å². The fourth-order valence-electron chi connectivity index (χ4n) is 2.91. The number of thiophene rings is 1. The number of carbonyl (C=O) groups excluding carboxylic acids is 2. The maximum Gasteiger partial charge on any atom is 0.321 e. The number of nitrogens with zero attached hydrogens (tertiary/aromatic N) is 3. The Morgan fingerprint density at radius 1 is 1.35 bits per heavy atom. The van der Waals surface area contributed by atoms with Crippen molar-refractivity contribution in [1.29, 1.82) is 0 Å². The Hall–Kier alpha value is -2.26. The van der Waals surface area contributed by atoms with Crippen LogP contribution >= 0.6 is 11.3 Å². The van der Waals surface area contributed by atoms with Crippen molar-refractivity contribution in [1.82, 2.24) is 25.7 Å². The number of hydrogen-bond acceptors (Lipinski definition) is 7. The molecule has 26 heavy (non-hydrogen) atoms. The maximum absolute atomic E-state index is 11.9. The van der Waals surface area contributed by atoms with Gasteiger partial charge in [-0.3, -0.25) is 15.0 Å². The normalized spacial score (nSPS) is 16.0. The smallest absolute Gasteiger partial charge is 0.321 e. The van der Waals surface area contributed by atoms with Gasteiger partial charge in [0.2, 0.25) is 17.7 Å². The van der Waals surface area contributed by atoms with E-state index in [0.29, 0.717) is 11.8 Å². The van der Waals surface area contributed by atoms with Gasteiger partial charge in [0.05, 0.1) is 6.54 Å². The first-order valence-corrected chi connectivity index (χ1v) is 9.64. The molecule has 8 nitrogen and oxygen atoms in total. The van der Waals surface area contributed by atoms with Gasteiger partial charge in [-0.1, -0.05) is 0 Å². The number of urea groups is 1. The van der Waals surface area contributed by atoms with E-state index in [1.54, 1.807) is 11.3 Å². The summed E-state index contributed by atoms with van der Waals surface area (Å²) in [6.07, 6.45) is 1.69. The average Bonchev–Trinajstić information content (AvgIpc) is 3.26. The fraction of sp³-hybridized carbons (Fsp3) is 0.529. The molecule has 1 fully saturated rings. The first-order valence-electron chi connectivity index (χ1n) is 8.70. The molecule has 1 aliphatic rings. The third-order valence-electron chi connectivity index (χ3n) is 4.19. The van der Waals surface area contributed by atoms with Gasteiger partial charge in [0, 0.05) is 22.9 Å². The van der Waals surface area contributed by atoms with Crippen LogP contribution in [0.5, 0.6) is 0 Å². The summed E-state index contributed by atoms with van der Waals surface area (Å²) in [4.78, 5) is 25.5. The Morgan fingerprint density at radius 3 is 2.77 bits per heavy atom. The predicted molar refractivity (Wildman–Crippen MR) is 97.8 cm³/mol. The molecule has 0 unspecified atom stereocenters. The second kappa shape index (κ2) is 8.41. The van der Waals surface area contributed by atoms with Gasteiger partial charge in [0.1, 0.15) is 0 Å². The lowest BCUT2D eigenvalue weighted by atomic mass is 9.97. The number of likely N-dealkylation sites (tertiary alicyclic amines) is 1. The van der Waals surface area contributed by atoms with Crippen LogP contribution in [0.1, 0.15) is 38.5 Å². The zero-order valence-electron chi connectivity index (χ0n) is 14.9. The SMILES string of the molecule is CC(C)NC(=O)NC(=O)CN1CCC(c2nnc(-c3ccsc3)o2)CC1. The minimum Gasteiger partial charge on any atom is -0.420 e. The molecule has 3 amide bonds. The van der Waals surface area contributed by atoms with Gasteiger partial charge in [-0.2, -0.15) is 11.3 Å². The second-order valence-electron chi connectivity index (χ2n) is 6.68. The zero-order chi connectivity index (χ0) is 18.5.